The van der Waals surface area contributed by atoms with Gasteiger partial charge in [-0.25, -0.2) is 0 Å². The van der Waals surface area contributed by atoms with Crippen LogP contribution in [0.4, 0.5) is 0 Å². The summed E-state index contributed by atoms with van der Waals surface area (Å²) in [4.78, 5) is 0. The Kier molecular flexibility index (Phi) is 5.68. The Morgan fingerprint density at radius 1 is 1.30 bits per heavy atom. The normalized spacial score (nSPS) is 22.6. The van der Waals surface area contributed by atoms with E-state index in [1.165, 1.54) is 6.42 Å². The molecule has 1 saturated heterocycles. The molecule has 1 aromatic rings. The molecular formula is C16H25NO3. The maximum absolute atomic E-state index is 6.04. The van der Waals surface area contributed by atoms with Gasteiger partial charge in [-0.15, -0.1) is 0 Å². The molecule has 0 bridgehead atoms. The number of hydrogen-bond acceptors (Lipinski definition) is 4. The van der Waals surface area contributed by atoms with Crippen LogP contribution >= 0.6 is 0 Å². The first-order valence-electron chi connectivity index (χ1n) is 7.34. The molecule has 0 aromatic heterocycles. The van der Waals surface area contributed by atoms with Crippen LogP contribution in [0.1, 0.15) is 31.4 Å². The van der Waals surface area contributed by atoms with Crippen molar-refractivity contribution in [3.05, 3.63) is 23.8 Å². The van der Waals surface area contributed by atoms with Gasteiger partial charge in [0, 0.05) is 24.6 Å². The second-order valence-corrected chi connectivity index (χ2v) is 5.11. The molecule has 20 heavy (non-hydrogen) atoms. The van der Waals surface area contributed by atoms with Crippen molar-refractivity contribution in [2.24, 2.45) is 5.92 Å². The molecule has 1 fully saturated rings. The SMILES string of the molecule is CCNCC1CCCOC1c1cc(OC)ccc1OC. The molecule has 112 valence electrons. The van der Waals surface area contributed by atoms with E-state index in [0.717, 1.165) is 43.2 Å². The molecule has 1 aromatic carbocycles. The Balaban J connectivity index is 2.25. The van der Waals surface area contributed by atoms with Crippen molar-refractivity contribution in [2.45, 2.75) is 25.9 Å². The molecule has 1 aliphatic heterocycles. The quantitative estimate of drug-likeness (QED) is 0.869. The van der Waals surface area contributed by atoms with Crippen LogP contribution in [0.2, 0.25) is 0 Å². The fourth-order valence-corrected chi connectivity index (χ4v) is 2.79. The topological polar surface area (TPSA) is 39.7 Å². The van der Waals surface area contributed by atoms with Crippen molar-refractivity contribution < 1.29 is 14.2 Å². The molecule has 0 spiro atoms. The zero-order chi connectivity index (χ0) is 14.4. The average Bonchev–Trinajstić information content (AvgIpc) is 2.52. The van der Waals surface area contributed by atoms with Crippen molar-refractivity contribution in [1.82, 2.24) is 5.32 Å². The zero-order valence-corrected chi connectivity index (χ0v) is 12.6. The molecule has 1 N–H and O–H groups in total. The fraction of sp³-hybridized carbons (Fsp3) is 0.625. The number of benzene rings is 1. The van der Waals surface area contributed by atoms with Gasteiger partial charge in [-0.05, 0) is 37.6 Å². The lowest BCUT2D eigenvalue weighted by atomic mass is 9.88. The van der Waals surface area contributed by atoms with Gasteiger partial charge in [0.2, 0.25) is 0 Å². The smallest absolute Gasteiger partial charge is 0.124 e. The molecule has 0 aliphatic carbocycles. The Hall–Kier alpha value is -1.26. The number of rotatable bonds is 6. The van der Waals surface area contributed by atoms with Crippen LogP contribution in [0.15, 0.2) is 18.2 Å². The summed E-state index contributed by atoms with van der Waals surface area (Å²) in [5, 5.41) is 3.43. The van der Waals surface area contributed by atoms with Crippen molar-refractivity contribution in [1.29, 1.82) is 0 Å². The first kappa shape index (κ1) is 15.1. The monoisotopic (exact) mass is 279 g/mol. The molecular weight excluding hydrogens is 254 g/mol. The van der Waals surface area contributed by atoms with Gasteiger partial charge in [-0.2, -0.15) is 0 Å². The van der Waals surface area contributed by atoms with Gasteiger partial charge in [0.25, 0.3) is 0 Å². The van der Waals surface area contributed by atoms with Gasteiger partial charge in [-0.3, -0.25) is 0 Å². The zero-order valence-electron chi connectivity index (χ0n) is 12.6. The van der Waals surface area contributed by atoms with E-state index in [2.05, 4.69) is 12.2 Å². The summed E-state index contributed by atoms with van der Waals surface area (Å²) in [5.41, 5.74) is 1.09. The Labute approximate surface area is 121 Å². The molecule has 2 rings (SSSR count). The number of ether oxygens (including phenoxy) is 3. The minimum atomic E-state index is 0.0767. The lowest BCUT2D eigenvalue weighted by Crippen LogP contribution is -2.32. The molecule has 1 aliphatic rings. The maximum atomic E-state index is 6.04. The van der Waals surface area contributed by atoms with Gasteiger partial charge in [0.05, 0.1) is 20.3 Å². The summed E-state index contributed by atoms with van der Waals surface area (Å²) >= 11 is 0. The van der Waals surface area contributed by atoms with Crippen LogP contribution in [0.25, 0.3) is 0 Å². The summed E-state index contributed by atoms with van der Waals surface area (Å²) < 4.78 is 16.9. The lowest BCUT2D eigenvalue weighted by Gasteiger charge is -2.33. The predicted molar refractivity (Wildman–Crippen MR) is 79.5 cm³/mol. The van der Waals surface area contributed by atoms with Crippen LogP contribution in [0, 0.1) is 5.92 Å². The third-order valence-electron chi connectivity index (χ3n) is 3.84. The van der Waals surface area contributed by atoms with Crippen molar-refractivity contribution in [3.8, 4) is 11.5 Å². The summed E-state index contributed by atoms with van der Waals surface area (Å²) in [7, 11) is 3.39. The van der Waals surface area contributed by atoms with E-state index in [0.29, 0.717) is 5.92 Å². The lowest BCUT2D eigenvalue weighted by molar-refractivity contribution is -0.0288. The average molecular weight is 279 g/mol. The number of methoxy groups -OCH3 is 2. The van der Waals surface area contributed by atoms with Crippen LogP contribution < -0.4 is 14.8 Å². The minimum absolute atomic E-state index is 0.0767. The van der Waals surface area contributed by atoms with E-state index < -0.39 is 0 Å². The largest absolute Gasteiger partial charge is 0.497 e. The van der Waals surface area contributed by atoms with Gasteiger partial charge >= 0.3 is 0 Å². The van der Waals surface area contributed by atoms with Gasteiger partial charge in [-0.1, -0.05) is 6.92 Å². The summed E-state index contributed by atoms with van der Waals surface area (Å²) in [5.74, 6) is 2.20. The third kappa shape index (κ3) is 3.44. The standard InChI is InChI=1S/C16H25NO3/c1-4-17-11-12-6-5-9-20-16(12)14-10-13(18-2)7-8-15(14)19-3/h7-8,10,12,16-17H,4-6,9,11H2,1-3H3. The highest BCUT2D eigenvalue weighted by Gasteiger charge is 2.29. The van der Waals surface area contributed by atoms with Crippen molar-refractivity contribution in [3.63, 3.8) is 0 Å². The van der Waals surface area contributed by atoms with E-state index in [1.807, 2.05) is 18.2 Å². The maximum Gasteiger partial charge on any atom is 0.124 e. The van der Waals surface area contributed by atoms with E-state index >= 15 is 0 Å². The number of nitrogens with one attached hydrogen (secondary N) is 1. The van der Waals surface area contributed by atoms with Gasteiger partial charge in [0.15, 0.2) is 0 Å². The third-order valence-corrected chi connectivity index (χ3v) is 3.84. The van der Waals surface area contributed by atoms with Gasteiger partial charge < -0.3 is 19.5 Å². The summed E-state index contributed by atoms with van der Waals surface area (Å²) in [6.45, 7) is 4.90. The highest BCUT2D eigenvalue weighted by molar-refractivity contribution is 5.42. The Bertz CT molecular complexity index is 422. The molecule has 4 nitrogen and oxygen atoms in total. The summed E-state index contributed by atoms with van der Waals surface area (Å²) in [6, 6.07) is 5.91. The summed E-state index contributed by atoms with van der Waals surface area (Å²) in [6.07, 6.45) is 2.38. The van der Waals surface area contributed by atoms with Crippen molar-refractivity contribution >= 4 is 0 Å². The van der Waals surface area contributed by atoms with E-state index in [4.69, 9.17) is 14.2 Å². The molecule has 0 radical (unpaired) electrons. The number of hydrogen-bond donors (Lipinski definition) is 1. The van der Waals surface area contributed by atoms with Crippen LogP contribution in [-0.2, 0) is 4.74 Å². The highest BCUT2D eigenvalue weighted by Crippen LogP contribution is 2.39. The molecule has 0 amide bonds. The first-order valence-corrected chi connectivity index (χ1v) is 7.34. The van der Waals surface area contributed by atoms with Crippen LogP contribution in [0.3, 0.4) is 0 Å². The first-order chi connectivity index (χ1) is 9.80. The molecule has 0 saturated carbocycles. The molecule has 2 atom stereocenters. The van der Waals surface area contributed by atoms with Crippen molar-refractivity contribution in [2.75, 3.05) is 33.9 Å². The second-order valence-electron chi connectivity index (χ2n) is 5.11. The fourth-order valence-electron chi connectivity index (χ4n) is 2.79. The Morgan fingerprint density at radius 2 is 2.15 bits per heavy atom. The van der Waals surface area contributed by atoms with Crippen LogP contribution in [0.5, 0.6) is 11.5 Å². The van der Waals surface area contributed by atoms with E-state index in [-0.39, 0.29) is 6.10 Å². The van der Waals surface area contributed by atoms with E-state index in [1.54, 1.807) is 14.2 Å². The minimum Gasteiger partial charge on any atom is -0.497 e. The Morgan fingerprint density at radius 3 is 2.85 bits per heavy atom. The van der Waals surface area contributed by atoms with Crippen LogP contribution in [-0.4, -0.2) is 33.9 Å². The molecule has 2 unspecified atom stereocenters. The van der Waals surface area contributed by atoms with E-state index in [9.17, 15) is 0 Å². The predicted octanol–water partition coefficient (Wildman–Crippen LogP) is 2.78. The highest BCUT2D eigenvalue weighted by atomic mass is 16.5. The molecule has 4 heteroatoms. The molecule has 1 heterocycles. The second kappa shape index (κ2) is 7.50. The van der Waals surface area contributed by atoms with Gasteiger partial charge in [0.1, 0.15) is 11.5 Å².